The number of anilines is 1. The van der Waals surface area contributed by atoms with Gasteiger partial charge in [-0.3, -0.25) is 9.59 Å². The minimum Gasteiger partial charge on any atom is -0.493 e. The number of carbonyl (C=O) groups excluding carboxylic acids is 2. The van der Waals surface area contributed by atoms with Gasteiger partial charge >= 0.3 is 11.8 Å². The first-order valence-corrected chi connectivity index (χ1v) is 11.0. The summed E-state index contributed by atoms with van der Waals surface area (Å²) in [6, 6.07) is 15.2. The molecule has 3 aromatic carbocycles. The van der Waals surface area contributed by atoms with E-state index in [-0.39, 0.29) is 12.4 Å². The van der Waals surface area contributed by atoms with E-state index in [1.807, 2.05) is 32.0 Å². The predicted molar refractivity (Wildman–Crippen MR) is 132 cm³/mol. The molecule has 0 aliphatic heterocycles. The number of hydrazone groups is 1. The van der Waals surface area contributed by atoms with Crippen molar-refractivity contribution in [2.75, 3.05) is 12.4 Å². The second-order valence-electron chi connectivity index (χ2n) is 7.33. The summed E-state index contributed by atoms with van der Waals surface area (Å²) in [5.74, 6) is -1.33. The van der Waals surface area contributed by atoms with Gasteiger partial charge in [0, 0.05) is 11.3 Å². The average Bonchev–Trinajstić information content (AvgIpc) is 2.81. The van der Waals surface area contributed by atoms with E-state index in [2.05, 4.69) is 31.8 Å². The number of nitrogens with one attached hydrogen (secondary N) is 2. The minimum absolute atomic E-state index is 0.0145. The Balaban J connectivity index is 1.65. The first-order valence-electron chi connectivity index (χ1n) is 10.2. The number of rotatable bonds is 7. The fourth-order valence-corrected chi connectivity index (χ4v) is 3.69. The maximum Gasteiger partial charge on any atom is 0.329 e. The van der Waals surface area contributed by atoms with Crippen LogP contribution in [0.15, 0.2) is 64.2 Å². The first kappa shape index (κ1) is 24.9. The number of carbonyl (C=O) groups is 2. The number of hydrogen-bond acceptors (Lipinski definition) is 5. The molecule has 2 amide bonds. The van der Waals surface area contributed by atoms with Crippen molar-refractivity contribution >= 4 is 39.6 Å². The molecule has 0 saturated carbocycles. The summed E-state index contributed by atoms with van der Waals surface area (Å²) < 4.78 is 25.5. The molecule has 0 fully saturated rings. The molecule has 0 saturated heterocycles. The van der Waals surface area contributed by atoms with Gasteiger partial charge in [-0.1, -0.05) is 36.4 Å². The van der Waals surface area contributed by atoms with Crippen LogP contribution in [-0.4, -0.2) is 25.1 Å². The molecule has 2 N–H and O–H groups in total. The van der Waals surface area contributed by atoms with Crippen molar-refractivity contribution in [1.29, 1.82) is 0 Å². The standard InChI is InChI=1S/C25H23BrFN3O4/c1-15-7-6-8-16(2)22(15)29-24(31)25(32)30-28-13-17-11-19(26)23(21(12-17)33-3)34-14-18-9-4-5-10-20(18)27/h4-13H,14H2,1-3H3,(H,29,31)(H,30,32)/b28-13+. The molecule has 0 unspecified atom stereocenters. The SMILES string of the molecule is COc1cc(/C=N/NC(=O)C(=O)Nc2c(C)cccc2C)cc(Br)c1OCc1ccccc1F. The Morgan fingerprint density at radius 3 is 2.44 bits per heavy atom. The highest BCUT2D eigenvalue weighted by molar-refractivity contribution is 9.10. The molecule has 0 aliphatic carbocycles. The number of ether oxygens (including phenoxy) is 2. The van der Waals surface area contributed by atoms with Crippen LogP contribution >= 0.6 is 15.9 Å². The fraction of sp³-hybridized carbons (Fsp3) is 0.160. The van der Waals surface area contributed by atoms with Gasteiger partial charge in [0.05, 0.1) is 17.8 Å². The molecule has 0 spiro atoms. The van der Waals surface area contributed by atoms with Gasteiger partial charge in [0.2, 0.25) is 0 Å². The smallest absolute Gasteiger partial charge is 0.329 e. The van der Waals surface area contributed by atoms with E-state index in [4.69, 9.17) is 9.47 Å². The Kier molecular flexibility index (Phi) is 8.37. The van der Waals surface area contributed by atoms with E-state index in [0.717, 1.165) is 11.1 Å². The molecule has 0 aliphatic rings. The Morgan fingerprint density at radius 1 is 1.06 bits per heavy atom. The summed E-state index contributed by atoms with van der Waals surface area (Å²) >= 11 is 3.41. The molecule has 0 aromatic heterocycles. The number of amides is 2. The van der Waals surface area contributed by atoms with Crippen molar-refractivity contribution in [3.05, 3.63) is 87.1 Å². The second kappa shape index (κ2) is 11.4. The summed E-state index contributed by atoms with van der Waals surface area (Å²) in [6.45, 7) is 3.70. The lowest BCUT2D eigenvalue weighted by Crippen LogP contribution is -2.32. The third-order valence-corrected chi connectivity index (χ3v) is 5.48. The summed E-state index contributed by atoms with van der Waals surface area (Å²) in [7, 11) is 1.47. The first-order chi connectivity index (χ1) is 16.3. The van der Waals surface area contributed by atoms with Gasteiger partial charge in [-0.2, -0.15) is 5.10 Å². The number of aryl methyl sites for hydroxylation is 2. The van der Waals surface area contributed by atoms with Crippen LogP contribution in [0.1, 0.15) is 22.3 Å². The van der Waals surface area contributed by atoms with Crippen LogP contribution < -0.4 is 20.2 Å². The van der Waals surface area contributed by atoms with E-state index in [1.54, 1.807) is 30.3 Å². The monoisotopic (exact) mass is 527 g/mol. The highest BCUT2D eigenvalue weighted by Gasteiger charge is 2.16. The maximum absolute atomic E-state index is 13.9. The summed E-state index contributed by atoms with van der Waals surface area (Å²) in [6.07, 6.45) is 1.36. The molecule has 0 radical (unpaired) electrons. The van der Waals surface area contributed by atoms with Crippen LogP contribution in [0.4, 0.5) is 10.1 Å². The number of benzene rings is 3. The number of para-hydroxylation sites is 1. The topological polar surface area (TPSA) is 89.0 Å². The maximum atomic E-state index is 13.9. The minimum atomic E-state index is -0.908. The fourth-order valence-electron chi connectivity index (χ4n) is 3.12. The normalized spacial score (nSPS) is 10.7. The summed E-state index contributed by atoms with van der Waals surface area (Å²) in [5, 5.41) is 6.45. The lowest BCUT2D eigenvalue weighted by molar-refractivity contribution is -0.136. The molecule has 3 aromatic rings. The Morgan fingerprint density at radius 2 is 1.76 bits per heavy atom. The largest absolute Gasteiger partial charge is 0.493 e. The van der Waals surface area contributed by atoms with Gasteiger partial charge in [-0.15, -0.1) is 0 Å². The Hall–Kier alpha value is -3.72. The highest BCUT2D eigenvalue weighted by Crippen LogP contribution is 2.37. The number of hydrogen-bond donors (Lipinski definition) is 2. The van der Waals surface area contributed by atoms with Crippen LogP contribution in [-0.2, 0) is 16.2 Å². The van der Waals surface area contributed by atoms with Crippen molar-refractivity contribution in [2.45, 2.75) is 20.5 Å². The number of methoxy groups -OCH3 is 1. The molecule has 0 atom stereocenters. The molecular weight excluding hydrogens is 505 g/mol. The quantitative estimate of drug-likeness (QED) is 0.260. The number of nitrogens with zero attached hydrogens (tertiary/aromatic N) is 1. The second-order valence-corrected chi connectivity index (χ2v) is 8.19. The van der Waals surface area contributed by atoms with E-state index >= 15 is 0 Å². The van der Waals surface area contributed by atoms with E-state index < -0.39 is 11.8 Å². The molecule has 7 nitrogen and oxygen atoms in total. The Labute approximate surface area is 205 Å². The van der Waals surface area contributed by atoms with Crippen molar-refractivity contribution in [2.24, 2.45) is 5.10 Å². The molecular formula is C25H23BrFN3O4. The lowest BCUT2D eigenvalue weighted by atomic mass is 10.1. The van der Waals surface area contributed by atoms with Crippen molar-refractivity contribution in [1.82, 2.24) is 5.43 Å². The summed E-state index contributed by atoms with van der Waals surface area (Å²) in [4.78, 5) is 24.3. The van der Waals surface area contributed by atoms with E-state index in [9.17, 15) is 14.0 Å². The van der Waals surface area contributed by atoms with Crippen LogP contribution in [0, 0.1) is 19.7 Å². The third-order valence-electron chi connectivity index (χ3n) is 4.89. The lowest BCUT2D eigenvalue weighted by Gasteiger charge is -2.14. The van der Waals surface area contributed by atoms with Gasteiger partial charge < -0.3 is 14.8 Å². The zero-order chi connectivity index (χ0) is 24.7. The van der Waals surface area contributed by atoms with Crippen LogP contribution in [0.25, 0.3) is 0 Å². The predicted octanol–water partition coefficient (Wildman–Crippen LogP) is 4.88. The zero-order valence-electron chi connectivity index (χ0n) is 18.8. The summed E-state index contributed by atoms with van der Waals surface area (Å²) in [5.41, 5.74) is 5.46. The highest BCUT2D eigenvalue weighted by atomic mass is 79.9. The molecule has 0 heterocycles. The third kappa shape index (κ3) is 6.20. The van der Waals surface area contributed by atoms with Gasteiger partial charge in [-0.05, 0) is 64.7 Å². The molecule has 176 valence electrons. The zero-order valence-corrected chi connectivity index (χ0v) is 20.4. The molecule has 0 bridgehead atoms. The van der Waals surface area contributed by atoms with E-state index in [1.165, 1.54) is 19.4 Å². The molecule has 9 heteroatoms. The van der Waals surface area contributed by atoms with Crippen molar-refractivity contribution in [3.63, 3.8) is 0 Å². The van der Waals surface area contributed by atoms with Crippen LogP contribution in [0.3, 0.4) is 0 Å². The van der Waals surface area contributed by atoms with Crippen LogP contribution in [0.5, 0.6) is 11.5 Å². The Bertz CT molecular complexity index is 1230. The van der Waals surface area contributed by atoms with Gasteiger partial charge in [-0.25, -0.2) is 9.82 Å². The molecule has 3 rings (SSSR count). The molecule has 34 heavy (non-hydrogen) atoms. The average molecular weight is 528 g/mol. The van der Waals surface area contributed by atoms with Crippen molar-refractivity contribution in [3.8, 4) is 11.5 Å². The van der Waals surface area contributed by atoms with Crippen LogP contribution in [0.2, 0.25) is 0 Å². The van der Waals surface area contributed by atoms with Gasteiger partial charge in [0.25, 0.3) is 0 Å². The van der Waals surface area contributed by atoms with Gasteiger partial charge in [0.1, 0.15) is 12.4 Å². The number of halogens is 2. The van der Waals surface area contributed by atoms with E-state index in [0.29, 0.717) is 32.8 Å². The van der Waals surface area contributed by atoms with Crippen molar-refractivity contribution < 1.29 is 23.5 Å². The van der Waals surface area contributed by atoms with Gasteiger partial charge in [0.15, 0.2) is 11.5 Å².